The molecule has 0 aliphatic rings. The lowest BCUT2D eigenvalue weighted by Gasteiger charge is -2.15. The van der Waals surface area contributed by atoms with E-state index >= 15 is 0 Å². The van der Waals surface area contributed by atoms with Crippen LogP contribution in [0.3, 0.4) is 0 Å². The van der Waals surface area contributed by atoms with Gasteiger partial charge in [0.15, 0.2) is 0 Å². The summed E-state index contributed by atoms with van der Waals surface area (Å²) in [6.45, 7) is 6.82. The van der Waals surface area contributed by atoms with Crippen molar-refractivity contribution in [1.29, 1.82) is 0 Å². The van der Waals surface area contributed by atoms with E-state index in [1.165, 1.54) is 34.4 Å². The van der Waals surface area contributed by atoms with Crippen LogP contribution < -0.4 is 5.32 Å². The van der Waals surface area contributed by atoms with Gasteiger partial charge >= 0.3 is 0 Å². The molecular weight excluding hydrogens is 296 g/mol. The Labute approximate surface area is 128 Å². The molecule has 0 aliphatic carbocycles. The average Bonchev–Trinajstić information content (AvgIpc) is 2.30. The highest BCUT2D eigenvalue weighted by Crippen LogP contribution is 2.32. The van der Waals surface area contributed by atoms with Crippen LogP contribution in [0.2, 0.25) is 10.0 Å². The Hall–Kier alpha value is -1.25. The van der Waals surface area contributed by atoms with Crippen LogP contribution in [0.4, 0.5) is 10.1 Å². The van der Waals surface area contributed by atoms with Gasteiger partial charge in [-0.1, -0.05) is 40.9 Å². The molecule has 0 fully saturated rings. The Bertz CT molecular complexity index is 549. The van der Waals surface area contributed by atoms with Crippen LogP contribution in [0.5, 0.6) is 0 Å². The van der Waals surface area contributed by atoms with Gasteiger partial charge in [0.25, 0.3) is 0 Å². The fourth-order valence-corrected chi connectivity index (χ4v) is 2.97. The highest BCUT2D eigenvalue weighted by Gasteiger charge is 2.10. The van der Waals surface area contributed by atoms with E-state index in [2.05, 4.69) is 38.2 Å². The van der Waals surface area contributed by atoms with Gasteiger partial charge in [-0.2, -0.15) is 0 Å². The Morgan fingerprint density at radius 1 is 0.950 bits per heavy atom. The van der Waals surface area contributed by atoms with E-state index in [0.717, 1.165) is 0 Å². The third kappa shape index (κ3) is 3.25. The van der Waals surface area contributed by atoms with Crippen LogP contribution in [0.1, 0.15) is 22.3 Å². The van der Waals surface area contributed by atoms with Crippen molar-refractivity contribution in [2.45, 2.75) is 27.3 Å². The zero-order valence-electron chi connectivity index (χ0n) is 11.7. The molecule has 2 rings (SSSR count). The van der Waals surface area contributed by atoms with E-state index in [9.17, 15) is 4.39 Å². The van der Waals surface area contributed by atoms with E-state index < -0.39 is 5.82 Å². The molecule has 0 amide bonds. The molecule has 2 aromatic carbocycles. The summed E-state index contributed by atoms with van der Waals surface area (Å²) in [5, 5.41) is 3.77. The molecule has 0 aromatic heterocycles. The second-order valence-electron chi connectivity index (χ2n) is 4.98. The highest BCUT2D eigenvalue weighted by atomic mass is 35.5. The summed E-state index contributed by atoms with van der Waals surface area (Å²) in [6, 6.07) is 6.78. The van der Waals surface area contributed by atoms with Gasteiger partial charge in [0.1, 0.15) is 5.82 Å². The lowest BCUT2D eigenvalue weighted by molar-refractivity contribution is 0.628. The minimum atomic E-state index is -0.437. The second kappa shape index (κ2) is 6.02. The molecule has 0 saturated carbocycles. The summed E-state index contributed by atoms with van der Waals surface area (Å²) in [4.78, 5) is 0. The molecule has 1 nitrogen and oxygen atoms in total. The van der Waals surface area contributed by atoms with Crippen molar-refractivity contribution in [1.82, 2.24) is 0 Å². The molecule has 20 heavy (non-hydrogen) atoms. The molecule has 0 spiro atoms. The number of hydrogen-bond acceptors (Lipinski definition) is 1. The number of nitrogens with one attached hydrogen (secondary N) is 1. The maximum Gasteiger partial charge on any atom is 0.126 e. The van der Waals surface area contributed by atoms with Crippen LogP contribution in [0.25, 0.3) is 0 Å². The van der Waals surface area contributed by atoms with Crippen molar-refractivity contribution >= 4 is 28.9 Å². The first-order valence-electron chi connectivity index (χ1n) is 6.33. The predicted molar refractivity (Wildman–Crippen MR) is 84.4 cm³/mol. The van der Waals surface area contributed by atoms with E-state index in [4.69, 9.17) is 23.2 Å². The molecule has 0 bridgehead atoms. The smallest absolute Gasteiger partial charge is 0.126 e. The van der Waals surface area contributed by atoms with Crippen molar-refractivity contribution in [3.05, 3.63) is 62.4 Å². The lowest BCUT2D eigenvalue weighted by Crippen LogP contribution is -2.05. The van der Waals surface area contributed by atoms with E-state index in [1.807, 2.05) is 0 Å². The van der Waals surface area contributed by atoms with Crippen molar-refractivity contribution in [3.63, 3.8) is 0 Å². The molecular formula is C16H16Cl2FN. The Morgan fingerprint density at radius 3 is 1.95 bits per heavy atom. The fourth-order valence-electron chi connectivity index (χ4n) is 2.38. The van der Waals surface area contributed by atoms with Crippen LogP contribution in [0.15, 0.2) is 24.3 Å². The minimum Gasteiger partial charge on any atom is -0.379 e. The van der Waals surface area contributed by atoms with E-state index in [1.54, 1.807) is 0 Å². The Kier molecular flexibility index (Phi) is 4.56. The van der Waals surface area contributed by atoms with Crippen LogP contribution in [-0.2, 0) is 6.54 Å². The van der Waals surface area contributed by atoms with Crippen molar-refractivity contribution < 1.29 is 4.39 Å². The molecule has 0 saturated heterocycles. The van der Waals surface area contributed by atoms with Crippen LogP contribution >= 0.6 is 23.2 Å². The monoisotopic (exact) mass is 311 g/mol. The van der Waals surface area contributed by atoms with Crippen molar-refractivity contribution in [3.8, 4) is 0 Å². The summed E-state index contributed by atoms with van der Waals surface area (Å²) in [5.74, 6) is -0.437. The van der Waals surface area contributed by atoms with Gasteiger partial charge in [0.2, 0.25) is 0 Å². The average molecular weight is 312 g/mol. The van der Waals surface area contributed by atoms with Crippen LogP contribution in [-0.4, -0.2) is 0 Å². The molecule has 2 aromatic rings. The van der Waals surface area contributed by atoms with Crippen molar-refractivity contribution in [2.75, 3.05) is 5.32 Å². The number of aryl methyl sites for hydroxylation is 3. The summed E-state index contributed by atoms with van der Waals surface area (Å²) >= 11 is 12.0. The SMILES string of the molecule is Cc1cc(C)c(CNc2c(Cl)cc(F)cc2Cl)c(C)c1. The normalized spacial score (nSPS) is 10.7. The Balaban J connectivity index is 2.26. The largest absolute Gasteiger partial charge is 0.379 e. The minimum absolute atomic E-state index is 0.289. The van der Waals surface area contributed by atoms with Gasteiger partial charge in [-0.05, 0) is 49.6 Å². The standard InChI is InChI=1S/C16H16Cl2FN/c1-9-4-10(2)13(11(3)5-9)8-20-16-14(17)6-12(19)7-15(16)18/h4-7,20H,8H2,1-3H3. The molecule has 4 heteroatoms. The zero-order valence-corrected chi connectivity index (χ0v) is 13.2. The maximum absolute atomic E-state index is 13.1. The molecule has 0 aliphatic heterocycles. The second-order valence-corrected chi connectivity index (χ2v) is 5.79. The molecule has 0 unspecified atom stereocenters. The molecule has 106 valence electrons. The van der Waals surface area contributed by atoms with E-state index in [0.29, 0.717) is 12.2 Å². The number of benzene rings is 2. The van der Waals surface area contributed by atoms with Crippen molar-refractivity contribution in [2.24, 2.45) is 0 Å². The molecule has 0 radical (unpaired) electrons. The van der Waals surface area contributed by atoms with Gasteiger partial charge in [0, 0.05) is 6.54 Å². The molecule has 0 heterocycles. The van der Waals surface area contributed by atoms with E-state index in [-0.39, 0.29) is 10.0 Å². The number of anilines is 1. The van der Waals surface area contributed by atoms with Gasteiger partial charge in [-0.15, -0.1) is 0 Å². The fraction of sp³-hybridized carbons (Fsp3) is 0.250. The summed E-state index contributed by atoms with van der Waals surface area (Å²) in [5.41, 5.74) is 5.43. The first kappa shape index (κ1) is 15.1. The molecule has 1 N–H and O–H groups in total. The quantitative estimate of drug-likeness (QED) is 0.770. The first-order valence-corrected chi connectivity index (χ1v) is 7.09. The predicted octanol–water partition coefficient (Wildman–Crippen LogP) is 5.67. The zero-order chi connectivity index (χ0) is 14.9. The highest BCUT2D eigenvalue weighted by molar-refractivity contribution is 6.39. The topological polar surface area (TPSA) is 12.0 Å². The first-order chi connectivity index (χ1) is 9.38. The number of rotatable bonds is 3. The summed E-state index contributed by atoms with van der Waals surface area (Å²) < 4.78 is 13.1. The summed E-state index contributed by atoms with van der Waals surface area (Å²) in [7, 11) is 0. The maximum atomic E-state index is 13.1. The third-order valence-corrected chi connectivity index (χ3v) is 3.89. The van der Waals surface area contributed by atoms with Gasteiger partial charge in [-0.25, -0.2) is 4.39 Å². The summed E-state index contributed by atoms with van der Waals surface area (Å²) in [6.07, 6.45) is 0. The number of hydrogen-bond donors (Lipinski definition) is 1. The third-order valence-electron chi connectivity index (χ3n) is 3.29. The van der Waals surface area contributed by atoms with Crippen LogP contribution in [0, 0.1) is 26.6 Å². The number of halogens is 3. The Morgan fingerprint density at radius 2 is 1.45 bits per heavy atom. The van der Waals surface area contributed by atoms with Gasteiger partial charge in [-0.3, -0.25) is 0 Å². The lowest BCUT2D eigenvalue weighted by atomic mass is 10.00. The molecule has 0 atom stereocenters. The van der Waals surface area contributed by atoms with Gasteiger partial charge in [0.05, 0.1) is 15.7 Å². The van der Waals surface area contributed by atoms with Gasteiger partial charge < -0.3 is 5.32 Å².